The maximum Gasteiger partial charge on any atom is 0.141 e. The zero-order valence-corrected chi connectivity index (χ0v) is 15.7. The fraction of sp³-hybridized carbons (Fsp3) is 0.647. The number of methoxy groups -OCH3 is 2. The quantitative estimate of drug-likeness (QED) is 0.569. The van der Waals surface area contributed by atoms with Gasteiger partial charge in [-0.1, -0.05) is 28.4 Å². The summed E-state index contributed by atoms with van der Waals surface area (Å²) in [4.78, 5) is 0.346. The largest absolute Gasteiger partial charge is 0.495 e. The van der Waals surface area contributed by atoms with Gasteiger partial charge in [0, 0.05) is 10.4 Å². The molecule has 0 N–H and O–H groups in total. The molecule has 2 saturated carbocycles. The normalized spacial score (nSPS) is 28.7. The molecule has 0 aliphatic heterocycles. The summed E-state index contributed by atoms with van der Waals surface area (Å²) >= 11 is 7.49. The second-order valence-corrected chi connectivity index (χ2v) is 8.24. The average molecular weight is 418 g/mol. The lowest BCUT2D eigenvalue weighted by atomic mass is 9.84. The number of alkyl halides is 1. The second-order valence-electron chi connectivity index (χ2n) is 6.34. The van der Waals surface area contributed by atoms with E-state index in [9.17, 15) is 0 Å². The van der Waals surface area contributed by atoms with Crippen molar-refractivity contribution in [1.29, 1.82) is 0 Å². The van der Waals surface area contributed by atoms with Gasteiger partial charge in [0.25, 0.3) is 0 Å². The highest BCUT2D eigenvalue weighted by Gasteiger charge is 2.40. The first-order valence-electron chi connectivity index (χ1n) is 7.68. The summed E-state index contributed by atoms with van der Waals surface area (Å²) in [5, 5.41) is 0. The predicted molar refractivity (Wildman–Crippen MR) is 92.5 cm³/mol. The Labute approximate surface area is 143 Å². The molecule has 2 fully saturated rings. The predicted octanol–water partition coefficient (Wildman–Crippen LogP) is 5.73. The number of hydrogen-bond donors (Lipinski definition) is 0. The van der Waals surface area contributed by atoms with Crippen molar-refractivity contribution in [1.82, 2.24) is 0 Å². The van der Waals surface area contributed by atoms with Crippen LogP contribution in [0.4, 0.5) is 0 Å². The number of fused-ring (bicyclic) bond motifs is 2. The van der Waals surface area contributed by atoms with Crippen LogP contribution in [-0.4, -0.2) is 14.2 Å². The number of benzene rings is 1. The van der Waals surface area contributed by atoms with Gasteiger partial charge in [-0.05, 0) is 65.4 Å². The molecule has 0 spiro atoms. The number of hydrogen-bond acceptors (Lipinski definition) is 2. The fourth-order valence-corrected chi connectivity index (χ4v) is 5.75. The van der Waals surface area contributed by atoms with Gasteiger partial charge < -0.3 is 9.47 Å². The average Bonchev–Trinajstić information content (AvgIpc) is 3.09. The Morgan fingerprint density at radius 2 is 2.00 bits per heavy atom. The van der Waals surface area contributed by atoms with Gasteiger partial charge in [-0.15, -0.1) is 0 Å². The number of halogens is 2. The zero-order chi connectivity index (χ0) is 15.0. The SMILES string of the molecule is COc1ccc(C(Br)CC2CC3CCC2C3)c(OC)c1Br. The van der Waals surface area contributed by atoms with Crippen LogP contribution in [0, 0.1) is 17.8 Å². The Morgan fingerprint density at radius 3 is 2.57 bits per heavy atom. The van der Waals surface area contributed by atoms with Gasteiger partial charge in [0.1, 0.15) is 16.0 Å². The Hall–Kier alpha value is -0.220. The first-order chi connectivity index (χ1) is 10.1. The monoisotopic (exact) mass is 416 g/mol. The summed E-state index contributed by atoms with van der Waals surface area (Å²) in [7, 11) is 3.40. The molecule has 2 nitrogen and oxygen atoms in total. The van der Waals surface area contributed by atoms with Crippen molar-refractivity contribution in [2.45, 2.75) is 36.9 Å². The molecule has 3 rings (SSSR count). The summed E-state index contributed by atoms with van der Waals surface area (Å²) in [5.41, 5.74) is 1.22. The van der Waals surface area contributed by atoms with Gasteiger partial charge in [-0.25, -0.2) is 0 Å². The number of ether oxygens (including phenoxy) is 2. The summed E-state index contributed by atoms with van der Waals surface area (Å²) < 4.78 is 11.9. The lowest BCUT2D eigenvalue weighted by Gasteiger charge is -2.25. The van der Waals surface area contributed by atoms with Crippen LogP contribution in [0.25, 0.3) is 0 Å². The first kappa shape index (κ1) is 15.7. The summed E-state index contributed by atoms with van der Waals surface area (Å²) in [6.45, 7) is 0. The molecule has 2 aliphatic rings. The molecule has 2 aliphatic carbocycles. The van der Waals surface area contributed by atoms with E-state index < -0.39 is 0 Å². The second kappa shape index (κ2) is 6.49. The third kappa shape index (κ3) is 2.98. The van der Waals surface area contributed by atoms with Crippen molar-refractivity contribution in [2.75, 3.05) is 14.2 Å². The topological polar surface area (TPSA) is 18.5 Å². The van der Waals surface area contributed by atoms with Crippen molar-refractivity contribution in [2.24, 2.45) is 17.8 Å². The highest BCUT2D eigenvalue weighted by Crippen LogP contribution is 2.53. The van der Waals surface area contributed by atoms with E-state index in [4.69, 9.17) is 9.47 Å². The van der Waals surface area contributed by atoms with Crippen LogP contribution in [0.1, 0.15) is 42.5 Å². The van der Waals surface area contributed by atoms with Crippen LogP contribution in [0.5, 0.6) is 11.5 Å². The van der Waals surface area contributed by atoms with Crippen molar-refractivity contribution in [3.05, 3.63) is 22.2 Å². The van der Waals surface area contributed by atoms with Crippen LogP contribution in [0.2, 0.25) is 0 Å². The lowest BCUT2D eigenvalue weighted by molar-refractivity contribution is 0.312. The molecule has 1 aromatic rings. The van der Waals surface area contributed by atoms with Crippen molar-refractivity contribution >= 4 is 31.9 Å². The minimum atomic E-state index is 0.346. The third-order valence-corrected chi connectivity index (χ3v) is 6.87. The summed E-state index contributed by atoms with van der Waals surface area (Å²) in [6.07, 6.45) is 7.00. The molecule has 2 bridgehead atoms. The molecule has 0 amide bonds. The summed E-state index contributed by atoms with van der Waals surface area (Å²) in [6, 6.07) is 4.13. The molecule has 0 saturated heterocycles. The van der Waals surface area contributed by atoms with Crippen molar-refractivity contribution in [3.63, 3.8) is 0 Å². The summed E-state index contributed by atoms with van der Waals surface area (Å²) in [5.74, 6) is 4.54. The maximum absolute atomic E-state index is 5.61. The molecule has 1 aromatic carbocycles. The van der Waals surface area contributed by atoms with Gasteiger partial charge in [-0.2, -0.15) is 0 Å². The number of rotatable bonds is 5. The molecule has 0 radical (unpaired) electrons. The molecule has 21 heavy (non-hydrogen) atoms. The molecule has 4 heteroatoms. The zero-order valence-electron chi connectivity index (χ0n) is 12.6. The minimum absolute atomic E-state index is 0.346. The third-order valence-electron chi connectivity index (χ3n) is 5.25. The van der Waals surface area contributed by atoms with Crippen molar-refractivity contribution in [3.8, 4) is 11.5 Å². The van der Waals surface area contributed by atoms with E-state index >= 15 is 0 Å². The van der Waals surface area contributed by atoms with E-state index in [-0.39, 0.29) is 0 Å². The van der Waals surface area contributed by atoms with Gasteiger partial charge in [-0.3, -0.25) is 0 Å². The lowest BCUT2D eigenvalue weighted by Crippen LogP contribution is -2.12. The smallest absolute Gasteiger partial charge is 0.141 e. The Bertz CT molecular complexity index is 518. The van der Waals surface area contributed by atoms with E-state index in [0.29, 0.717) is 4.83 Å². The molecular formula is C17H22Br2O2. The van der Waals surface area contributed by atoms with E-state index in [1.165, 1.54) is 37.7 Å². The standard InChI is InChI=1S/C17H22Br2O2/c1-20-15-6-5-13(17(21-2)16(15)19)14(18)9-12-8-10-3-4-11(12)7-10/h5-6,10-12,14H,3-4,7-9H2,1-2H3. The Morgan fingerprint density at radius 1 is 1.19 bits per heavy atom. The van der Waals surface area contributed by atoms with E-state index in [0.717, 1.165) is 33.7 Å². The van der Waals surface area contributed by atoms with E-state index in [1.54, 1.807) is 14.2 Å². The highest BCUT2D eigenvalue weighted by atomic mass is 79.9. The van der Waals surface area contributed by atoms with Gasteiger partial charge >= 0.3 is 0 Å². The van der Waals surface area contributed by atoms with Crippen LogP contribution in [0.3, 0.4) is 0 Å². The van der Waals surface area contributed by atoms with Crippen molar-refractivity contribution < 1.29 is 9.47 Å². The van der Waals surface area contributed by atoms with Gasteiger partial charge in [0.05, 0.1) is 14.2 Å². The molecule has 116 valence electrons. The molecule has 4 unspecified atom stereocenters. The molecule has 0 aromatic heterocycles. The van der Waals surface area contributed by atoms with Gasteiger partial charge in [0.15, 0.2) is 0 Å². The molecular weight excluding hydrogens is 396 g/mol. The Balaban J connectivity index is 1.78. The van der Waals surface area contributed by atoms with Crippen LogP contribution in [0.15, 0.2) is 16.6 Å². The van der Waals surface area contributed by atoms with Crippen LogP contribution >= 0.6 is 31.9 Å². The maximum atomic E-state index is 5.61. The van der Waals surface area contributed by atoms with E-state index in [2.05, 4.69) is 37.9 Å². The van der Waals surface area contributed by atoms with Crippen LogP contribution in [-0.2, 0) is 0 Å². The molecule has 0 heterocycles. The van der Waals surface area contributed by atoms with Crippen LogP contribution < -0.4 is 9.47 Å². The molecule has 4 atom stereocenters. The Kier molecular flexibility index (Phi) is 4.84. The van der Waals surface area contributed by atoms with E-state index in [1.807, 2.05) is 6.07 Å². The minimum Gasteiger partial charge on any atom is -0.495 e. The first-order valence-corrected chi connectivity index (χ1v) is 9.39. The van der Waals surface area contributed by atoms with Gasteiger partial charge in [0.2, 0.25) is 0 Å². The highest BCUT2D eigenvalue weighted by molar-refractivity contribution is 9.10. The fourth-order valence-electron chi connectivity index (χ4n) is 4.22.